The summed E-state index contributed by atoms with van der Waals surface area (Å²) in [6, 6.07) is 18.2. The number of thiocarbonyl (C=S) groups is 1. The van der Waals surface area contributed by atoms with Gasteiger partial charge in [0.1, 0.15) is 11.8 Å². The quantitative estimate of drug-likeness (QED) is 0.697. The van der Waals surface area contributed by atoms with Crippen molar-refractivity contribution in [1.29, 1.82) is 0 Å². The first-order valence-electron chi connectivity index (χ1n) is 8.87. The lowest BCUT2D eigenvalue weighted by molar-refractivity contribution is 0.415. The minimum atomic E-state index is -0.0335. The van der Waals surface area contributed by atoms with Gasteiger partial charge in [-0.3, -0.25) is 4.98 Å². The highest BCUT2D eigenvalue weighted by Gasteiger charge is 2.41. The Labute approximate surface area is 164 Å². The molecule has 0 aliphatic carbocycles. The Bertz CT molecular complexity index is 952. The standard InChI is InChI=1S/C21H22N4OS/c1-14-7-12-18(24(14)2)20-19(17-6-4-5-13-22-17)23-21(27)25(20)15-8-10-16(26-3)11-9-15/h4-13,19-20H,1-3H3,(H,23,27)/t19-,20-/m0/s1. The number of hydrogen-bond donors (Lipinski definition) is 1. The van der Waals surface area contributed by atoms with Crippen LogP contribution in [0.1, 0.15) is 29.2 Å². The second kappa shape index (κ2) is 7.04. The lowest BCUT2D eigenvalue weighted by atomic mass is 10.0. The summed E-state index contributed by atoms with van der Waals surface area (Å²) in [6.45, 7) is 2.11. The minimum Gasteiger partial charge on any atom is -0.497 e. The Morgan fingerprint density at radius 2 is 1.85 bits per heavy atom. The molecule has 3 heterocycles. The van der Waals surface area contributed by atoms with Crippen LogP contribution in [-0.2, 0) is 7.05 Å². The molecule has 138 valence electrons. The van der Waals surface area contributed by atoms with Crippen LogP contribution in [0.4, 0.5) is 5.69 Å². The molecular formula is C21H22N4OS. The van der Waals surface area contributed by atoms with E-state index >= 15 is 0 Å². The zero-order valence-electron chi connectivity index (χ0n) is 15.6. The monoisotopic (exact) mass is 378 g/mol. The molecule has 1 aromatic carbocycles. The fraction of sp³-hybridized carbons (Fsp3) is 0.238. The summed E-state index contributed by atoms with van der Waals surface area (Å²) >= 11 is 5.73. The number of aryl methyl sites for hydroxylation is 1. The zero-order valence-corrected chi connectivity index (χ0v) is 16.4. The first-order valence-corrected chi connectivity index (χ1v) is 9.28. The van der Waals surface area contributed by atoms with Crippen LogP contribution in [0.2, 0.25) is 0 Å². The molecule has 0 saturated carbocycles. The Kier molecular flexibility index (Phi) is 4.58. The number of methoxy groups -OCH3 is 1. The number of aromatic nitrogens is 2. The average molecular weight is 379 g/mol. The fourth-order valence-electron chi connectivity index (χ4n) is 3.61. The van der Waals surface area contributed by atoms with Crippen molar-refractivity contribution in [2.45, 2.75) is 19.0 Å². The van der Waals surface area contributed by atoms with Crippen molar-refractivity contribution in [2.24, 2.45) is 7.05 Å². The summed E-state index contributed by atoms with van der Waals surface area (Å²) in [5.74, 6) is 0.823. The van der Waals surface area contributed by atoms with E-state index in [1.54, 1.807) is 7.11 Å². The molecule has 2 atom stereocenters. The van der Waals surface area contributed by atoms with Gasteiger partial charge in [0, 0.05) is 30.3 Å². The number of ether oxygens (including phenoxy) is 1. The predicted octanol–water partition coefficient (Wildman–Crippen LogP) is 3.91. The van der Waals surface area contributed by atoms with Gasteiger partial charge < -0.3 is 19.5 Å². The van der Waals surface area contributed by atoms with E-state index in [1.807, 2.05) is 48.7 Å². The van der Waals surface area contributed by atoms with Crippen molar-refractivity contribution >= 4 is 23.0 Å². The van der Waals surface area contributed by atoms with Gasteiger partial charge in [0.05, 0.1) is 18.8 Å². The molecule has 4 rings (SSSR count). The normalized spacial score (nSPS) is 19.2. The van der Waals surface area contributed by atoms with Gasteiger partial charge in [0.25, 0.3) is 0 Å². The van der Waals surface area contributed by atoms with E-state index in [9.17, 15) is 0 Å². The molecule has 1 aliphatic heterocycles. The molecule has 1 aliphatic rings. The highest BCUT2D eigenvalue weighted by Crippen LogP contribution is 2.41. The number of rotatable bonds is 4. The van der Waals surface area contributed by atoms with Crippen molar-refractivity contribution in [3.05, 3.63) is 77.9 Å². The van der Waals surface area contributed by atoms with Crippen LogP contribution in [-0.4, -0.2) is 21.8 Å². The van der Waals surface area contributed by atoms with Crippen LogP contribution in [0.5, 0.6) is 5.75 Å². The molecule has 1 saturated heterocycles. The zero-order chi connectivity index (χ0) is 19.0. The van der Waals surface area contributed by atoms with Gasteiger partial charge in [-0.15, -0.1) is 0 Å². The fourth-order valence-corrected chi connectivity index (χ4v) is 3.95. The Hall–Kier alpha value is -2.86. The largest absolute Gasteiger partial charge is 0.497 e. The summed E-state index contributed by atoms with van der Waals surface area (Å²) in [7, 11) is 3.76. The van der Waals surface area contributed by atoms with Crippen LogP contribution < -0.4 is 15.0 Å². The van der Waals surface area contributed by atoms with E-state index in [-0.39, 0.29) is 12.1 Å². The van der Waals surface area contributed by atoms with Crippen molar-refractivity contribution < 1.29 is 4.74 Å². The smallest absolute Gasteiger partial charge is 0.174 e. The number of hydrogen-bond acceptors (Lipinski definition) is 3. The maximum Gasteiger partial charge on any atom is 0.174 e. The first-order chi connectivity index (χ1) is 13.1. The van der Waals surface area contributed by atoms with E-state index in [4.69, 9.17) is 17.0 Å². The molecule has 0 amide bonds. The molecule has 2 aromatic heterocycles. The van der Waals surface area contributed by atoms with Crippen molar-refractivity contribution in [3.8, 4) is 5.75 Å². The van der Waals surface area contributed by atoms with Gasteiger partial charge in [-0.25, -0.2) is 0 Å². The lowest BCUT2D eigenvalue weighted by Gasteiger charge is -2.28. The molecule has 27 heavy (non-hydrogen) atoms. The molecular weight excluding hydrogens is 356 g/mol. The summed E-state index contributed by atoms with van der Waals surface area (Å²) in [6.07, 6.45) is 1.82. The Morgan fingerprint density at radius 3 is 2.44 bits per heavy atom. The Morgan fingerprint density at radius 1 is 1.07 bits per heavy atom. The van der Waals surface area contributed by atoms with E-state index in [0.29, 0.717) is 5.11 Å². The molecule has 0 radical (unpaired) electrons. The molecule has 0 unspecified atom stereocenters. The second-order valence-corrected chi connectivity index (χ2v) is 7.04. The number of anilines is 1. The molecule has 6 heteroatoms. The second-order valence-electron chi connectivity index (χ2n) is 6.65. The maximum atomic E-state index is 5.73. The average Bonchev–Trinajstić information content (AvgIpc) is 3.22. The van der Waals surface area contributed by atoms with Crippen molar-refractivity contribution in [2.75, 3.05) is 12.0 Å². The van der Waals surface area contributed by atoms with Crippen LogP contribution >= 0.6 is 12.2 Å². The topological polar surface area (TPSA) is 42.3 Å². The maximum absolute atomic E-state index is 5.73. The van der Waals surface area contributed by atoms with Crippen LogP contribution in [0.15, 0.2) is 60.8 Å². The highest BCUT2D eigenvalue weighted by molar-refractivity contribution is 7.80. The van der Waals surface area contributed by atoms with E-state index in [1.165, 1.54) is 11.4 Å². The first kappa shape index (κ1) is 17.5. The summed E-state index contributed by atoms with van der Waals surface area (Å²) < 4.78 is 7.52. The summed E-state index contributed by atoms with van der Waals surface area (Å²) in [5.41, 5.74) is 4.39. The molecule has 5 nitrogen and oxygen atoms in total. The molecule has 0 spiro atoms. The SMILES string of the molecule is COc1ccc(N2C(=S)N[C@@H](c3ccccn3)[C@@H]2c2ccc(C)n2C)cc1. The van der Waals surface area contributed by atoms with Gasteiger partial charge in [-0.2, -0.15) is 0 Å². The van der Waals surface area contributed by atoms with E-state index in [0.717, 1.165) is 17.1 Å². The van der Waals surface area contributed by atoms with Crippen molar-refractivity contribution in [1.82, 2.24) is 14.9 Å². The number of nitrogens with zero attached hydrogens (tertiary/aromatic N) is 3. The minimum absolute atomic E-state index is 0.000468. The van der Waals surface area contributed by atoms with Gasteiger partial charge >= 0.3 is 0 Å². The molecule has 1 fully saturated rings. The van der Waals surface area contributed by atoms with Crippen LogP contribution in [0, 0.1) is 6.92 Å². The van der Waals surface area contributed by atoms with E-state index in [2.05, 4.69) is 45.9 Å². The van der Waals surface area contributed by atoms with E-state index < -0.39 is 0 Å². The van der Waals surface area contributed by atoms with Crippen LogP contribution in [0.3, 0.4) is 0 Å². The van der Waals surface area contributed by atoms with Gasteiger partial charge in [-0.1, -0.05) is 6.07 Å². The summed E-state index contributed by atoms with van der Waals surface area (Å²) in [5, 5.41) is 4.18. The van der Waals surface area contributed by atoms with Gasteiger partial charge in [0.2, 0.25) is 0 Å². The van der Waals surface area contributed by atoms with Crippen molar-refractivity contribution in [3.63, 3.8) is 0 Å². The van der Waals surface area contributed by atoms with Crippen LogP contribution in [0.25, 0.3) is 0 Å². The van der Waals surface area contributed by atoms with Gasteiger partial charge in [0.15, 0.2) is 5.11 Å². The molecule has 0 bridgehead atoms. The molecule has 3 aromatic rings. The third-order valence-corrected chi connectivity index (χ3v) is 5.48. The third-order valence-electron chi connectivity index (χ3n) is 5.16. The number of pyridine rings is 1. The highest BCUT2D eigenvalue weighted by atomic mass is 32.1. The third kappa shape index (κ3) is 3.06. The molecule has 1 N–H and O–H groups in total. The predicted molar refractivity (Wildman–Crippen MR) is 111 cm³/mol. The number of nitrogens with one attached hydrogen (secondary N) is 1. The Balaban J connectivity index is 1.83. The van der Waals surface area contributed by atoms with Gasteiger partial charge in [-0.05, 0) is 67.7 Å². The summed E-state index contributed by atoms with van der Waals surface area (Å²) in [4.78, 5) is 6.75. The lowest BCUT2D eigenvalue weighted by Crippen LogP contribution is -2.30. The number of benzene rings is 1.